The van der Waals surface area contributed by atoms with Gasteiger partial charge in [0.1, 0.15) is 5.82 Å². The lowest BCUT2D eigenvalue weighted by atomic mass is 10.3. The molecule has 0 fully saturated rings. The quantitative estimate of drug-likeness (QED) is 0.727. The number of benzene rings is 1. The maximum Gasteiger partial charge on any atom is 0.156 e. The maximum atomic E-state index is 4.29. The summed E-state index contributed by atoms with van der Waals surface area (Å²) in [6.45, 7) is 1.96. The molecule has 0 radical (unpaired) electrons. The number of hydrogen-bond acceptors (Lipinski definition) is 3. The first-order chi connectivity index (χ1) is 8.33. The Kier molecular flexibility index (Phi) is 2.26. The number of imidazole rings is 1. The second kappa shape index (κ2) is 3.90. The molecule has 3 rings (SSSR count). The minimum atomic E-state index is 0.842. The number of hydrogen-bond donors (Lipinski definition) is 1. The van der Waals surface area contributed by atoms with E-state index in [-0.39, 0.29) is 0 Å². The number of fused-ring (bicyclic) bond motifs is 1. The largest absolute Gasteiger partial charge is 0.340 e. The van der Waals surface area contributed by atoms with Gasteiger partial charge >= 0.3 is 0 Å². The number of aryl methyl sites for hydroxylation is 1. The smallest absolute Gasteiger partial charge is 0.156 e. The average molecular weight is 224 g/mol. The number of para-hydroxylation sites is 1. The Morgan fingerprint density at radius 1 is 1.06 bits per heavy atom. The molecule has 0 unspecified atom stereocenters. The van der Waals surface area contributed by atoms with Crippen molar-refractivity contribution >= 4 is 17.2 Å². The Morgan fingerprint density at radius 3 is 2.71 bits per heavy atom. The van der Waals surface area contributed by atoms with Gasteiger partial charge in [-0.15, -0.1) is 0 Å². The maximum absolute atomic E-state index is 4.29. The van der Waals surface area contributed by atoms with Gasteiger partial charge in [0, 0.05) is 11.9 Å². The van der Waals surface area contributed by atoms with Crippen LogP contribution in [0.1, 0.15) is 5.69 Å². The highest BCUT2D eigenvalue weighted by molar-refractivity contribution is 5.59. The molecule has 1 N–H and O–H groups in total. The molecule has 4 nitrogen and oxygen atoms in total. The molecule has 0 aliphatic carbocycles. The molecule has 0 saturated heterocycles. The Hall–Kier alpha value is -2.36. The lowest BCUT2D eigenvalue weighted by Gasteiger charge is -2.05. The molecule has 84 valence electrons. The van der Waals surface area contributed by atoms with Crippen LogP contribution in [0.4, 0.5) is 11.5 Å². The van der Waals surface area contributed by atoms with Gasteiger partial charge in [0.2, 0.25) is 0 Å². The summed E-state index contributed by atoms with van der Waals surface area (Å²) in [6.07, 6.45) is 5.54. The van der Waals surface area contributed by atoms with Gasteiger partial charge in [0.15, 0.2) is 5.65 Å². The van der Waals surface area contributed by atoms with Crippen molar-refractivity contribution in [3.63, 3.8) is 0 Å². The number of nitrogens with zero attached hydrogens (tertiary/aromatic N) is 3. The van der Waals surface area contributed by atoms with E-state index in [1.54, 1.807) is 6.20 Å². The van der Waals surface area contributed by atoms with Crippen LogP contribution in [0.2, 0.25) is 0 Å². The van der Waals surface area contributed by atoms with E-state index in [1.165, 1.54) is 0 Å². The number of anilines is 2. The first-order valence-corrected chi connectivity index (χ1v) is 5.45. The van der Waals surface area contributed by atoms with Crippen LogP contribution >= 0.6 is 0 Å². The third kappa shape index (κ3) is 1.85. The first-order valence-electron chi connectivity index (χ1n) is 5.45. The SMILES string of the molecule is Cc1cn2c(Nc3ccccc3)cnc2cn1. The highest BCUT2D eigenvalue weighted by Crippen LogP contribution is 2.17. The minimum absolute atomic E-state index is 0.842. The van der Waals surface area contributed by atoms with Crippen molar-refractivity contribution in [2.45, 2.75) is 6.92 Å². The van der Waals surface area contributed by atoms with Crippen LogP contribution in [0.3, 0.4) is 0 Å². The molecule has 17 heavy (non-hydrogen) atoms. The highest BCUT2D eigenvalue weighted by atomic mass is 15.1. The molecule has 0 bridgehead atoms. The molecule has 0 aliphatic rings. The molecule has 4 heteroatoms. The Morgan fingerprint density at radius 2 is 1.88 bits per heavy atom. The molecule has 1 aromatic carbocycles. The van der Waals surface area contributed by atoms with E-state index < -0.39 is 0 Å². The second-order valence-corrected chi connectivity index (χ2v) is 3.89. The van der Waals surface area contributed by atoms with Gasteiger partial charge in [-0.25, -0.2) is 4.98 Å². The van der Waals surface area contributed by atoms with Crippen molar-refractivity contribution in [2.75, 3.05) is 5.32 Å². The van der Waals surface area contributed by atoms with Crippen molar-refractivity contribution < 1.29 is 0 Å². The Balaban J connectivity index is 2.03. The molecule has 0 spiro atoms. The summed E-state index contributed by atoms with van der Waals surface area (Å²) in [4.78, 5) is 8.51. The second-order valence-electron chi connectivity index (χ2n) is 3.89. The van der Waals surface area contributed by atoms with E-state index >= 15 is 0 Å². The van der Waals surface area contributed by atoms with E-state index in [2.05, 4.69) is 15.3 Å². The Bertz CT molecular complexity index is 643. The van der Waals surface area contributed by atoms with Gasteiger partial charge < -0.3 is 5.32 Å². The lowest BCUT2D eigenvalue weighted by Crippen LogP contribution is -1.96. The summed E-state index contributed by atoms with van der Waals surface area (Å²) < 4.78 is 2.00. The molecule has 0 saturated carbocycles. The van der Waals surface area contributed by atoms with Crippen LogP contribution in [-0.4, -0.2) is 14.4 Å². The van der Waals surface area contributed by atoms with Gasteiger partial charge in [-0.3, -0.25) is 9.38 Å². The van der Waals surface area contributed by atoms with Crippen molar-refractivity contribution in [3.8, 4) is 0 Å². The standard InChI is InChI=1S/C13H12N4/c1-10-9-17-12(7-14-10)15-8-13(17)16-11-5-3-2-4-6-11/h2-9,16H,1H3. The van der Waals surface area contributed by atoms with Crippen LogP contribution in [0, 0.1) is 6.92 Å². The number of rotatable bonds is 2. The third-order valence-corrected chi connectivity index (χ3v) is 2.57. The molecule has 0 atom stereocenters. The summed E-state index contributed by atoms with van der Waals surface area (Å²) in [5.41, 5.74) is 2.85. The van der Waals surface area contributed by atoms with Gasteiger partial charge in [-0.2, -0.15) is 0 Å². The Labute approximate surface area is 99.0 Å². The van der Waals surface area contributed by atoms with Crippen molar-refractivity contribution in [2.24, 2.45) is 0 Å². The zero-order valence-corrected chi connectivity index (χ0v) is 9.46. The molecule has 3 aromatic rings. The third-order valence-electron chi connectivity index (χ3n) is 2.57. The van der Waals surface area contributed by atoms with Crippen molar-refractivity contribution in [1.29, 1.82) is 0 Å². The fourth-order valence-corrected chi connectivity index (χ4v) is 1.75. The number of nitrogens with one attached hydrogen (secondary N) is 1. The predicted octanol–water partition coefficient (Wildman–Crippen LogP) is 2.78. The zero-order chi connectivity index (χ0) is 11.7. The summed E-state index contributed by atoms with van der Waals surface area (Å²) >= 11 is 0. The molecule has 2 heterocycles. The number of aromatic nitrogens is 3. The highest BCUT2D eigenvalue weighted by Gasteiger charge is 2.03. The normalized spacial score (nSPS) is 10.6. The molecule has 0 aliphatic heterocycles. The van der Waals surface area contributed by atoms with E-state index in [1.807, 2.05) is 54.0 Å². The van der Waals surface area contributed by atoms with Crippen LogP contribution in [-0.2, 0) is 0 Å². The van der Waals surface area contributed by atoms with E-state index in [0.717, 1.165) is 22.8 Å². The fourth-order valence-electron chi connectivity index (χ4n) is 1.75. The van der Waals surface area contributed by atoms with Gasteiger partial charge in [-0.1, -0.05) is 18.2 Å². The monoisotopic (exact) mass is 224 g/mol. The fraction of sp³-hybridized carbons (Fsp3) is 0.0769. The minimum Gasteiger partial charge on any atom is -0.340 e. The molecule has 0 amide bonds. The summed E-state index contributed by atoms with van der Waals surface area (Å²) in [6, 6.07) is 10.0. The first kappa shape index (κ1) is 9.84. The van der Waals surface area contributed by atoms with E-state index in [4.69, 9.17) is 0 Å². The van der Waals surface area contributed by atoms with Gasteiger partial charge in [-0.05, 0) is 19.1 Å². The van der Waals surface area contributed by atoms with Crippen LogP contribution in [0.25, 0.3) is 5.65 Å². The van der Waals surface area contributed by atoms with Crippen molar-refractivity contribution in [3.05, 3.63) is 54.6 Å². The zero-order valence-electron chi connectivity index (χ0n) is 9.46. The predicted molar refractivity (Wildman–Crippen MR) is 67.4 cm³/mol. The molecular weight excluding hydrogens is 212 g/mol. The van der Waals surface area contributed by atoms with Gasteiger partial charge in [0.05, 0.1) is 18.1 Å². The lowest BCUT2D eigenvalue weighted by molar-refractivity contribution is 1.07. The van der Waals surface area contributed by atoms with Gasteiger partial charge in [0.25, 0.3) is 0 Å². The van der Waals surface area contributed by atoms with E-state index in [0.29, 0.717) is 0 Å². The molecule has 2 aromatic heterocycles. The summed E-state index contributed by atoms with van der Waals surface area (Å²) in [7, 11) is 0. The summed E-state index contributed by atoms with van der Waals surface area (Å²) in [5.74, 6) is 0.941. The van der Waals surface area contributed by atoms with Crippen LogP contribution < -0.4 is 5.32 Å². The van der Waals surface area contributed by atoms with Crippen molar-refractivity contribution in [1.82, 2.24) is 14.4 Å². The van der Waals surface area contributed by atoms with Crippen LogP contribution in [0.15, 0.2) is 48.9 Å². The van der Waals surface area contributed by atoms with Crippen LogP contribution in [0.5, 0.6) is 0 Å². The summed E-state index contributed by atoms with van der Waals surface area (Å²) in [5, 5.41) is 3.33. The molecular formula is C13H12N4. The topological polar surface area (TPSA) is 42.2 Å². The average Bonchev–Trinajstić information content (AvgIpc) is 2.73. The van der Waals surface area contributed by atoms with E-state index in [9.17, 15) is 0 Å².